The second kappa shape index (κ2) is 4.42. The van der Waals surface area contributed by atoms with Gasteiger partial charge < -0.3 is 0 Å². The highest BCUT2D eigenvalue weighted by Crippen LogP contribution is 2.21. The van der Waals surface area contributed by atoms with Gasteiger partial charge in [-0.25, -0.2) is 4.68 Å². The summed E-state index contributed by atoms with van der Waals surface area (Å²) in [6, 6.07) is 8.36. The van der Waals surface area contributed by atoms with E-state index in [4.69, 9.17) is 5.26 Å². The van der Waals surface area contributed by atoms with Crippen molar-refractivity contribution < 1.29 is 0 Å². The standard InChI is InChI=1S/C14H15N3/c1-4-13-12(8-15)9-16-17(13)14-10(2)6-5-7-11(14)3/h5-7,9H,4H2,1-3H3. The molecular formula is C14H15N3. The first-order valence-corrected chi connectivity index (χ1v) is 5.72. The van der Waals surface area contributed by atoms with Gasteiger partial charge in [-0.3, -0.25) is 0 Å². The summed E-state index contributed by atoms with van der Waals surface area (Å²) >= 11 is 0. The highest BCUT2D eigenvalue weighted by atomic mass is 15.3. The maximum absolute atomic E-state index is 9.05. The van der Waals surface area contributed by atoms with E-state index in [-0.39, 0.29) is 0 Å². The SMILES string of the molecule is CCc1c(C#N)cnn1-c1c(C)cccc1C. The molecule has 1 heterocycles. The zero-order valence-electron chi connectivity index (χ0n) is 10.4. The van der Waals surface area contributed by atoms with E-state index >= 15 is 0 Å². The van der Waals surface area contributed by atoms with Gasteiger partial charge >= 0.3 is 0 Å². The quantitative estimate of drug-likeness (QED) is 0.788. The first kappa shape index (κ1) is 11.4. The van der Waals surface area contributed by atoms with Crippen LogP contribution in [0.2, 0.25) is 0 Å². The Bertz CT molecular complexity index is 568. The first-order chi connectivity index (χ1) is 8.19. The molecule has 0 atom stereocenters. The van der Waals surface area contributed by atoms with Crippen LogP contribution in [0.4, 0.5) is 0 Å². The molecular weight excluding hydrogens is 210 g/mol. The van der Waals surface area contributed by atoms with E-state index in [1.54, 1.807) is 6.20 Å². The summed E-state index contributed by atoms with van der Waals surface area (Å²) < 4.78 is 1.89. The van der Waals surface area contributed by atoms with Crippen LogP contribution in [-0.4, -0.2) is 9.78 Å². The van der Waals surface area contributed by atoms with Crippen LogP contribution in [0, 0.1) is 25.2 Å². The normalized spacial score (nSPS) is 10.2. The molecule has 0 saturated heterocycles. The van der Waals surface area contributed by atoms with E-state index in [2.05, 4.69) is 37.1 Å². The van der Waals surface area contributed by atoms with Gasteiger partial charge in [-0.15, -0.1) is 0 Å². The van der Waals surface area contributed by atoms with Gasteiger partial charge in [0.05, 0.1) is 23.1 Å². The van der Waals surface area contributed by atoms with E-state index in [1.165, 1.54) is 11.1 Å². The minimum absolute atomic E-state index is 0.662. The molecule has 0 aliphatic carbocycles. The predicted octanol–water partition coefficient (Wildman–Crippen LogP) is 2.92. The molecule has 2 aromatic rings. The zero-order valence-corrected chi connectivity index (χ0v) is 10.4. The lowest BCUT2D eigenvalue weighted by Crippen LogP contribution is -2.06. The number of rotatable bonds is 2. The van der Waals surface area contributed by atoms with Crippen molar-refractivity contribution in [3.05, 3.63) is 46.8 Å². The molecule has 0 N–H and O–H groups in total. The van der Waals surface area contributed by atoms with Crippen LogP contribution in [0.25, 0.3) is 5.69 Å². The van der Waals surface area contributed by atoms with E-state index in [1.807, 2.05) is 17.7 Å². The molecule has 0 unspecified atom stereocenters. The number of nitriles is 1. The molecule has 3 nitrogen and oxygen atoms in total. The van der Waals surface area contributed by atoms with E-state index in [0.717, 1.165) is 17.8 Å². The molecule has 86 valence electrons. The summed E-state index contributed by atoms with van der Waals surface area (Å²) in [5, 5.41) is 13.4. The fourth-order valence-corrected chi connectivity index (χ4v) is 2.14. The zero-order chi connectivity index (χ0) is 12.4. The second-order valence-corrected chi connectivity index (χ2v) is 4.12. The molecule has 0 bridgehead atoms. The molecule has 17 heavy (non-hydrogen) atoms. The van der Waals surface area contributed by atoms with E-state index in [0.29, 0.717) is 5.56 Å². The van der Waals surface area contributed by atoms with Gasteiger partial charge in [-0.2, -0.15) is 10.4 Å². The van der Waals surface area contributed by atoms with Crippen molar-refractivity contribution >= 4 is 0 Å². The number of hydrogen-bond donors (Lipinski definition) is 0. The van der Waals surface area contributed by atoms with Gasteiger partial charge in [0.2, 0.25) is 0 Å². The third-order valence-corrected chi connectivity index (χ3v) is 2.98. The van der Waals surface area contributed by atoms with Crippen molar-refractivity contribution in [3.63, 3.8) is 0 Å². The third-order valence-electron chi connectivity index (χ3n) is 2.98. The fraction of sp³-hybridized carbons (Fsp3) is 0.286. The predicted molar refractivity (Wildman–Crippen MR) is 67.1 cm³/mol. The number of nitrogens with zero attached hydrogens (tertiary/aromatic N) is 3. The minimum Gasteiger partial charge on any atom is -0.236 e. The summed E-state index contributed by atoms with van der Waals surface area (Å²) in [5.74, 6) is 0. The van der Waals surface area contributed by atoms with Crippen molar-refractivity contribution in [3.8, 4) is 11.8 Å². The lowest BCUT2D eigenvalue weighted by atomic mass is 10.1. The Kier molecular flexibility index (Phi) is 2.97. The summed E-state index contributed by atoms with van der Waals surface area (Å²) in [6.45, 7) is 6.17. The molecule has 0 amide bonds. The second-order valence-electron chi connectivity index (χ2n) is 4.12. The van der Waals surface area contributed by atoms with E-state index < -0.39 is 0 Å². The minimum atomic E-state index is 0.662. The summed E-state index contributed by atoms with van der Waals surface area (Å²) in [4.78, 5) is 0. The molecule has 0 aliphatic heterocycles. The molecule has 1 aromatic heterocycles. The molecule has 3 heteroatoms. The van der Waals surface area contributed by atoms with Gasteiger partial charge in [-0.1, -0.05) is 25.1 Å². The van der Waals surface area contributed by atoms with Gasteiger partial charge in [0.25, 0.3) is 0 Å². The Labute approximate surface area is 101 Å². The first-order valence-electron chi connectivity index (χ1n) is 5.72. The highest BCUT2D eigenvalue weighted by Gasteiger charge is 2.13. The van der Waals surface area contributed by atoms with E-state index in [9.17, 15) is 0 Å². The average Bonchev–Trinajstić information content (AvgIpc) is 2.71. The van der Waals surface area contributed by atoms with Crippen LogP contribution in [0.1, 0.15) is 29.3 Å². The number of aromatic nitrogens is 2. The monoisotopic (exact) mass is 225 g/mol. The molecule has 0 saturated carbocycles. The van der Waals surface area contributed by atoms with Crippen LogP contribution in [-0.2, 0) is 6.42 Å². The lowest BCUT2D eigenvalue weighted by Gasteiger charge is -2.12. The lowest BCUT2D eigenvalue weighted by molar-refractivity contribution is 0.802. The molecule has 0 fully saturated rings. The van der Waals surface area contributed by atoms with Crippen molar-refractivity contribution in [1.82, 2.24) is 9.78 Å². The maximum atomic E-state index is 9.05. The number of aryl methyl sites for hydroxylation is 2. The topological polar surface area (TPSA) is 41.6 Å². The average molecular weight is 225 g/mol. The molecule has 0 radical (unpaired) electrons. The molecule has 2 rings (SSSR count). The molecule has 0 spiro atoms. The number of hydrogen-bond acceptors (Lipinski definition) is 2. The Hall–Kier alpha value is -2.08. The van der Waals surface area contributed by atoms with Gasteiger partial charge in [0.1, 0.15) is 6.07 Å². The fourth-order valence-electron chi connectivity index (χ4n) is 2.14. The Morgan fingerprint density at radius 1 is 1.29 bits per heavy atom. The molecule has 0 aliphatic rings. The largest absolute Gasteiger partial charge is 0.236 e. The van der Waals surface area contributed by atoms with Crippen molar-refractivity contribution in [2.45, 2.75) is 27.2 Å². The van der Waals surface area contributed by atoms with Crippen molar-refractivity contribution in [1.29, 1.82) is 5.26 Å². The Balaban J connectivity index is 2.70. The van der Waals surface area contributed by atoms with Crippen LogP contribution in [0.3, 0.4) is 0 Å². The van der Waals surface area contributed by atoms with Crippen LogP contribution in [0.5, 0.6) is 0 Å². The van der Waals surface area contributed by atoms with Crippen molar-refractivity contribution in [2.24, 2.45) is 0 Å². The Morgan fingerprint density at radius 2 is 1.94 bits per heavy atom. The summed E-state index contributed by atoms with van der Waals surface area (Å²) in [7, 11) is 0. The number of para-hydroxylation sites is 1. The smallest absolute Gasteiger partial charge is 0.103 e. The van der Waals surface area contributed by atoms with Crippen molar-refractivity contribution in [2.75, 3.05) is 0 Å². The van der Waals surface area contributed by atoms with Gasteiger partial charge in [0, 0.05) is 0 Å². The Morgan fingerprint density at radius 3 is 2.47 bits per heavy atom. The van der Waals surface area contributed by atoms with Gasteiger partial charge in [-0.05, 0) is 31.4 Å². The third kappa shape index (κ3) is 1.83. The van der Waals surface area contributed by atoms with Crippen LogP contribution in [0.15, 0.2) is 24.4 Å². The summed E-state index contributed by atoms with van der Waals surface area (Å²) in [6.07, 6.45) is 2.45. The maximum Gasteiger partial charge on any atom is 0.103 e. The number of benzene rings is 1. The van der Waals surface area contributed by atoms with Crippen LogP contribution >= 0.6 is 0 Å². The molecule has 1 aromatic carbocycles. The van der Waals surface area contributed by atoms with Crippen LogP contribution < -0.4 is 0 Å². The van der Waals surface area contributed by atoms with Gasteiger partial charge in [0.15, 0.2) is 0 Å². The highest BCUT2D eigenvalue weighted by molar-refractivity contribution is 5.49. The summed E-state index contributed by atoms with van der Waals surface area (Å²) in [5.41, 5.74) is 5.07.